The molecule has 1 aliphatic rings. The van der Waals surface area contributed by atoms with Crippen molar-refractivity contribution in [3.8, 4) is 0 Å². The molecule has 2 N–H and O–H groups in total. The summed E-state index contributed by atoms with van der Waals surface area (Å²) in [6, 6.07) is 0. The number of nitrogens with zero attached hydrogens (tertiary/aromatic N) is 1. The Bertz CT molecular complexity index is 277. The van der Waals surface area contributed by atoms with E-state index < -0.39 is 15.7 Å². The van der Waals surface area contributed by atoms with E-state index in [0.717, 1.165) is 0 Å². The van der Waals surface area contributed by atoms with Gasteiger partial charge in [0, 0.05) is 6.54 Å². The summed E-state index contributed by atoms with van der Waals surface area (Å²) in [4.78, 5) is 0. The van der Waals surface area contributed by atoms with Crippen LogP contribution in [0.2, 0.25) is 0 Å². The molecule has 0 aromatic rings. The number of hydrogen-bond acceptors (Lipinski definition) is 3. The molecule has 78 valence electrons. The zero-order chi connectivity index (χ0) is 10.1. The van der Waals surface area contributed by atoms with Gasteiger partial charge in [0.25, 0.3) is 10.2 Å². The van der Waals surface area contributed by atoms with E-state index in [4.69, 9.17) is 9.88 Å². The Balaban J connectivity index is 2.92. The molecule has 0 aromatic heterocycles. The highest BCUT2D eigenvalue weighted by Crippen LogP contribution is 2.24. The Morgan fingerprint density at radius 1 is 1.62 bits per heavy atom. The third-order valence-electron chi connectivity index (χ3n) is 2.52. The highest BCUT2D eigenvalue weighted by molar-refractivity contribution is 7.86. The van der Waals surface area contributed by atoms with E-state index in [9.17, 15) is 8.42 Å². The highest BCUT2D eigenvalue weighted by atomic mass is 32.2. The molecule has 0 saturated carbocycles. The van der Waals surface area contributed by atoms with Crippen molar-refractivity contribution in [3.05, 3.63) is 0 Å². The molecule has 1 fully saturated rings. The smallest absolute Gasteiger partial charge is 0.277 e. The van der Waals surface area contributed by atoms with Crippen molar-refractivity contribution in [2.24, 2.45) is 5.14 Å². The molecule has 6 heteroatoms. The Morgan fingerprint density at radius 2 is 2.23 bits per heavy atom. The van der Waals surface area contributed by atoms with E-state index in [1.807, 2.05) is 13.8 Å². The van der Waals surface area contributed by atoms with Gasteiger partial charge in [-0.3, -0.25) is 0 Å². The molecular weight excluding hydrogens is 192 g/mol. The summed E-state index contributed by atoms with van der Waals surface area (Å²) < 4.78 is 29.0. The molecule has 1 unspecified atom stereocenters. The molecule has 0 bridgehead atoms. The van der Waals surface area contributed by atoms with Gasteiger partial charge in [0.15, 0.2) is 0 Å². The molecule has 0 radical (unpaired) electrons. The Labute approximate surface area is 79.0 Å². The van der Waals surface area contributed by atoms with Crippen molar-refractivity contribution >= 4 is 10.2 Å². The molecular formula is C7H16N2O3S. The van der Waals surface area contributed by atoms with Gasteiger partial charge in [0.1, 0.15) is 0 Å². The van der Waals surface area contributed by atoms with E-state index in [1.165, 1.54) is 4.31 Å². The second-order valence-corrected chi connectivity index (χ2v) is 4.99. The summed E-state index contributed by atoms with van der Waals surface area (Å²) in [5.74, 6) is 0. The largest absolute Gasteiger partial charge is 0.378 e. The van der Waals surface area contributed by atoms with Gasteiger partial charge in [-0.1, -0.05) is 6.92 Å². The first-order valence-electron chi connectivity index (χ1n) is 4.28. The van der Waals surface area contributed by atoms with Gasteiger partial charge in [0.2, 0.25) is 0 Å². The Hall–Kier alpha value is -0.170. The molecule has 0 amide bonds. The van der Waals surface area contributed by atoms with Gasteiger partial charge in [-0.2, -0.15) is 12.7 Å². The van der Waals surface area contributed by atoms with Gasteiger partial charge in [-0.15, -0.1) is 0 Å². The van der Waals surface area contributed by atoms with Crippen molar-refractivity contribution in [2.45, 2.75) is 25.8 Å². The summed E-state index contributed by atoms with van der Waals surface area (Å²) in [7, 11) is -3.59. The molecule has 0 spiro atoms. The lowest BCUT2D eigenvalue weighted by Crippen LogP contribution is -2.58. The number of morpholine rings is 1. The standard InChI is InChI=1S/C7H16N2O3S/c1-3-7(2)6-12-5-4-9(7)13(8,10)11/h3-6H2,1-2H3,(H2,8,10,11). The third-order valence-corrected chi connectivity index (χ3v) is 3.76. The first-order chi connectivity index (χ1) is 5.90. The minimum absolute atomic E-state index is 0.350. The number of nitrogens with two attached hydrogens (primary N) is 1. The summed E-state index contributed by atoms with van der Waals surface area (Å²) >= 11 is 0. The van der Waals surface area contributed by atoms with Gasteiger partial charge < -0.3 is 4.74 Å². The van der Waals surface area contributed by atoms with Crippen LogP contribution in [0.4, 0.5) is 0 Å². The molecule has 1 heterocycles. The molecule has 1 rings (SSSR count). The van der Waals surface area contributed by atoms with Crippen LogP contribution in [-0.2, 0) is 14.9 Å². The molecule has 0 aromatic carbocycles. The molecule has 13 heavy (non-hydrogen) atoms. The van der Waals surface area contributed by atoms with E-state index in [2.05, 4.69) is 0 Å². The highest BCUT2D eigenvalue weighted by Gasteiger charge is 2.39. The van der Waals surface area contributed by atoms with Crippen LogP contribution in [0.25, 0.3) is 0 Å². The zero-order valence-corrected chi connectivity index (χ0v) is 8.80. The monoisotopic (exact) mass is 208 g/mol. The quantitative estimate of drug-likeness (QED) is 0.676. The minimum atomic E-state index is -3.59. The van der Waals surface area contributed by atoms with Crippen LogP contribution in [0.15, 0.2) is 0 Å². The average molecular weight is 208 g/mol. The Morgan fingerprint density at radius 3 is 2.62 bits per heavy atom. The topological polar surface area (TPSA) is 72.6 Å². The fraction of sp³-hybridized carbons (Fsp3) is 1.00. The van der Waals surface area contributed by atoms with Gasteiger partial charge in [-0.05, 0) is 13.3 Å². The normalized spacial score (nSPS) is 31.9. The summed E-state index contributed by atoms with van der Waals surface area (Å²) in [5, 5.41) is 5.10. The number of rotatable bonds is 2. The summed E-state index contributed by atoms with van der Waals surface area (Å²) in [5.41, 5.74) is -0.480. The van der Waals surface area contributed by atoms with E-state index >= 15 is 0 Å². The van der Waals surface area contributed by atoms with Gasteiger partial charge >= 0.3 is 0 Å². The van der Waals surface area contributed by atoms with Crippen molar-refractivity contribution in [3.63, 3.8) is 0 Å². The van der Waals surface area contributed by atoms with Gasteiger partial charge in [-0.25, -0.2) is 5.14 Å². The SMILES string of the molecule is CCC1(C)COCCN1S(N)(=O)=O. The average Bonchev–Trinajstić information content (AvgIpc) is 2.03. The van der Waals surface area contributed by atoms with E-state index in [0.29, 0.717) is 26.2 Å². The molecule has 1 atom stereocenters. The van der Waals surface area contributed by atoms with Crippen LogP contribution in [0, 0.1) is 0 Å². The second kappa shape index (κ2) is 3.53. The van der Waals surface area contributed by atoms with E-state index in [-0.39, 0.29) is 0 Å². The minimum Gasteiger partial charge on any atom is -0.378 e. The lowest BCUT2D eigenvalue weighted by Gasteiger charge is -2.41. The lowest BCUT2D eigenvalue weighted by molar-refractivity contribution is -0.0185. The number of hydrogen-bond donors (Lipinski definition) is 1. The number of ether oxygens (including phenoxy) is 1. The van der Waals surface area contributed by atoms with Crippen LogP contribution in [0.5, 0.6) is 0 Å². The van der Waals surface area contributed by atoms with Crippen molar-refractivity contribution in [2.75, 3.05) is 19.8 Å². The predicted octanol–water partition coefficient (Wildman–Crippen LogP) is -0.309. The fourth-order valence-electron chi connectivity index (χ4n) is 1.49. The first-order valence-corrected chi connectivity index (χ1v) is 5.79. The predicted molar refractivity (Wildman–Crippen MR) is 49.3 cm³/mol. The van der Waals surface area contributed by atoms with Crippen molar-refractivity contribution in [1.82, 2.24) is 4.31 Å². The maximum atomic E-state index is 11.2. The molecule has 1 aliphatic heterocycles. The third kappa shape index (κ3) is 2.19. The second-order valence-electron chi connectivity index (χ2n) is 3.52. The molecule has 5 nitrogen and oxygen atoms in total. The van der Waals surface area contributed by atoms with Crippen molar-refractivity contribution in [1.29, 1.82) is 0 Å². The zero-order valence-electron chi connectivity index (χ0n) is 7.99. The molecule has 0 aliphatic carbocycles. The van der Waals surface area contributed by atoms with Crippen LogP contribution in [0.1, 0.15) is 20.3 Å². The first kappa shape index (κ1) is 10.9. The molecule has 1 saturated heterocycles. The van der Waals surface area contributed by atoms with E-state index in [1.54, 1.807) is 0 Å². The van der Waals surface area contributed by atoms with Crippen LogP contribution < -0.4 is 5.14 Å². The Kier molecular flexibility index (Phi) is 2.96. The maximum Gasteiger partial charge on any atom is 0.277 e. The van der Waals surface area contributed by atoms with Crippen LogP contribution >= 0.6 is 0 Å². The van der Waals surface area contributed by atoms with Crippen LogP contribution in [-0.4, -0.2) is 38.0 Å². The van der Waals surface area contributed by atoms with Crippen molar-refractivity contribution < 1.29 is 13.2 Å². The van der Waals surface area contributed by atoms with Gasteiger partial charge in [0.05, 0.1) is 18.8 Å². The van der Waals surface area contributed by atoms with Crippen LogP contribution in [0.3, 0.4) is 0 Å². The summed E-state index contributed by atoms with van der Waals surface area (Å²) in [6.07, 6.45) is 0.698. The fourth-order valence-corrected chi connectivity index (χ4v) is 2.62. The lowest BCUT2D eigenvalue weighted by atomic mass is 9.99. The summed E-state index contributed by atoms with van der Waals surface area (Å²) in [6.45, 7) is 4.96. The maximum absolute atomic E-state index is 11.2.